The molecule has 0 saturated carbocycles. The first kappa shape index (κ1) is 38.6. The summed E-state index contributed by atoms with van der Waals surface area (Å²) in [5, 5.41) is 0. The van der Waals surface area contributed by atoms with Crippen molar-refractivity contribution >= 4 is 0 Å². The molecule has 0 fully saturated rings. The highest BCUT2D eigenvalue weighted by Crippen LogP contribution is 2.17. The van der Waals surface area contributed by atoms with Gasteiger partial charge in [0.15, 0.2) is 0 Å². The molecule has 0 bridgehead atoms. The van der Waals surface area contributed by atoms with E-state index in [1.54, 1.807) is 0 Å². The van der Waals surface area contributed by atoms with E-state index in [1.165, 1.54) is 0 Å². The molecule has 10 nitrogen and oxygen atoms in total. The van der Waals surface area contributed by atoms with Gasteiger partial charge in [0.2, 0.25) is 0 Å². The molecule has 0 aliphatic heterocycles. The molecule has 0 aromatic carbocycles. The van der Waals surface area contributed by atoms with Gasteiger partial charge in [0, 0.05) is 6.61 Å². The second kappa shape index (κ2) is 27.8. The summed E-state index contributed by atoms with van der Waals surface area (Å²) < 4.78 is 54.9. The Balaban J connectivity index is 3.07. The summed E-state index contributed by atoms with van der Waals surface area (Å²) in [6.45, 7) is 24.6. The Hall–Kier alpha value is -0.400. The molecule has 0 saturated heterocycles. The molecule has 39 heavy (non-hydrogen) atoms. The van der Waals surface area contributed by atoms with Gasteiger partial charge in [-0.25, -0.2) is 0 Å². The summed E-state index contributed by atoms with van der Waals surface area (Å²) >= 11 is 0. The quantitative estimate of drug-likeness (QED) is 0.120. The minimum Gasteiger partial charge on any atom is -0.379 e. The maximum atomic E-state index is 5.55. The van der Waals surface area contributed by atoms with Crippen LogP contribution >= 0.6 is 0 Å². The van der Waals surface area contributed by atoms with Crippen molar-refractivity contribution in [1.82, 2.24) is 0 Å². The van der Waals surface area contributed by atoms with Crippen LogP contribution in [0.4, 0.5) is 0 Å². The molecule has 0 aliphatic carbocycles. The van der Waals surface area contributed by atoms with Crippen LogP contribution < -0.4 is 0 Å². The number of hydrogen-bond acceptors (Lipinski definition) is 10. The van der Waals surface area contributed by atoms with Gasteiger partial charge in [0.1, 0.15) is 0 Å². The fourth-order valence-corrected chi connectivity index (χ4v) is 2.74. The first-order valence-electron chi connectivity index (χ1n) is 14.5. The van der Waals surface area contributed by atoms with Crippen molar-refractivity contribution in [2.75, 3.05) is 132 Å². The van der Waals surface area contributed by atoms with Crippen LogP contribution in [-0.2, 0) is 47.4 Å². The zero-order chi connectivity index (χ0) is 28.9. The highest BCUT2D eigenvalue weighted by Gasteiger charge is 2.10. The van der Waals surface area contributed by atoms with Crippen molar-refractivity contribution in [3.8, 4) is 0 Å². The Morgan fingerprint density at radius 2 is 0.462 bits per heavy atom. The van der Waals surface area contributed by atoms with Crippen LogP contribution in [0, 0.1) is 10.8 Å². The molecule has 0 heterocycles. The monoisotopic (exact) mass is 568 g/mol. The molecular weight excluding hydrogens is 508 g/mol. The van der Waals surface area contributed by atoms with Crippen LogP contribution in [0.5, 0.6) is 0 Å². The SMILES string of the molecule is CC(C)(C)CCOCCOCCOCCOCCOCCOCCOCCOCCOCCOCC(C)(C)C. The zero-order valence-electron chi connectivity index (χ0n) is 25.9. The summed E-state index contributed by atoms with van der Waals surface area (Å²) in [6, 6.07) is 0. The van der Waals surface area contributed by atoms with Gasteiger partial charge in [-0.1, -0.05) is 41.5 Å². The van der Waals surface area contributed by atoms with Gasteiger partial charge in [0.25, 0.3) is 0 Å². The van der Waals surface area contributed by atoms with E-state index in [-0.39, 0.29) is 5.41 Å². The van der Waals surface area contributed by atoms with E-state index in [4.69, 9.17) is 47.4 Å². The summed E-state index contributed by atoms with van der Waals surface area (Å²) in [5.74, 6) is 0. The van der Waals surface area contributed by atoms with Gasteiger partial charge < -0.3 is 47.4 Å². The average Bonchev–Trinajstić information content (AvgIpc) is 2.86. The molecule has 0 unspecified atom stereocenters. The van der Waals surface area contributed by atoms with E-state index in [2.05, 4.69) is 41.5 Å². The van der Waals surface area contributed by atoms with Crippen LogP contribution in [0.2, 0.25) is 0 Å². The van der Waals surface area contributed by atoms with Crippen molar-refractivity contribution in [3.63, 3.8) is 0 Å². The molecule has 0 spiro atoms. The molecule has 0 amide bonds. The summed E-state index contributed by atoms with van der Waals surface area (Å²) in [4.78, 5) is 0. The number of ether oxygens (including phenoxy) is 10. The van der Waals surface area contributed by atoms with Crippen LogP contribution in [-0.4, -0.2) is 132 Å². The topological polar surface area (TPSA) is 92.3 Å². The van der Waals surface area contributed by atoms with E-state index in [1.807, 2.05) is 0 Å². The normalized spacial score (nSPS) is 12.5. The lowest BCUT2D eigenvalue weighted by molar-refractivity contribution is -0.0278. The third kappa shape index (κ3) is 37.6. The van der Waals surface area contributed by atoms with E-state index >= 15 is 0 Å². The lowest BCUT2D eigenvalue weighted by atomic mass is 9.93. The van der Waals surface area contributed by atoms with Crippen LogP contribution in [0.1, 0.15) is 48.0 Å². The molecule has 0 aromatic rings. The molecule has 10 heteroatoms. The lowest BCUT2D eigenvalue weighted by Crippen LogP contribution is -2.17. The Morgan fingerprint density at radius 3 is 0.667 bits per heavy atom. The summed E-state index contributed by atoms with van der Waals surface area (Å²) in [6.07, 6.45) is 1.05. The highest BCUT2D eigenvalue weighted by molar-refractivity contribution is 4.60. The fraction of sp³-hybridized carbons (Fsp3) is 1.00. The van der Waals surface area contributed by atoms with Gasteiger partial charge in [-0.2, -0.15) is 0 Å². The van der Waals surface area contributed by atoms with Gasteiger partial charge in [0.05, 0.1) is 126 Å². The van der Waals surface area contributed by atoms with Crippen LogP contribution in [0.25, 0.3) is 0 Å². The second-order valence-corrected chi connectivity index (χ2v) is 11.4. The van der Waals surface area contributed by atoms with Crippen molar-refractivity contribution < 1.29 is 47.4 Å². The minimum absolute atomic E-state index is 0.188. The zero-order valence-corrected chi connectivity index (χ0v) is 25.9. The standard InChI is InChI=1S/C29H60O10/c1-28(2,3)7-8-30-9-10-31-11-12-32-13-14-33-15-16-34-17-18-35-19-20-36-21-22-37-23-24-38-25-26-39-27-29(4,5)6/h7-27H2,1-6H3. The fourth-order valence-electron chi connectivity index (χ4n) is 2.74. The minimum atomic E-state index is 0.188. The maximum Gasteiger partial charge on any atom is 0.0701 e. The third-order valence-electron chi connectivity index (χ3n) is 4.88. The van der Waals surface area contributed by atoms with Crippen molar-refractivity contribution in [3.05, 3.63) is 0 Å². The second-order valence-electron chi connectivity index (χ2n) is 11.4. The predicted octanol–water partition coefficient (Wildman–Crippen LogP) is 3.63. The Morgan fingerprint density at radius 1 is 0.256 bits per heavy atom. The Kier molecular flexibility index (Phi) is 27.5. The van der Waals surface area contributed by atoms with E-state index < -0.39 is 0 Å². The Bertz CT molecular complexity index is 438. The predicted molar refractivity (Wildman–Crippen MR) is 152 cm³/mol. The Labute approximate surface area is 238 Å². The molecule has 0 radical (unpaired) electrons. The van der Waals surface area contributed by atoms with Crippen molar-refractivity contribution in [1.29, 1.82) is 0 Å². The first-order chi connectivity index (χ1) is 18.7. The summed E-state index contributed by atoms with van der Waals surface area (Å²) in [7, 11) is 0. The maximum absolute atomic E-state index is 5.55. The molecule has 236 valence electrons. The summed E-state index contributed by atoms with van der Waals surface area (Å²) in [5.41, 5.74) is 0.497. The molecule has 0 aromatic heterocycles. The molecule has 0 aliphatic rings. The van der Waals surface area contributed by atoms with Crippen molar-refractivity contribution in [2.45, 2.75) is 48.0 Å². The lowest BCUT2D eigenvalue weighted by Gasteiger charge is -2.17. The van der Waals surface area contributed by atoms with E-state index in [0.717, 1.165) is 19.6 Å². The average molecular weight is 569 g/mol. The molecule has 0 atom stereocenters. The van der Waals surface area contributed by atoms with Gasteiger partial charge in [-0.15, -0.1) is 0 Å². The molecule has 0 rings (SSSR count). The molecule has 0 N–H and O–H groups in total. The highest BCUT2D eigenvalue weighted by atomic mass is 16.6. The third-order valence-corrected chi connectivity index (χ3v) is 4.88. The van der Waals surface area contributed by atoms with Crippen molar-refractivity contribution in [2.24, 2.45) is 10.8 Å². The first-order valence-corrected chi connectivity index (χ1v) is 14.5. The van der Waals surface area contributed by atoms with E-state index in [0.29, 0.717) is 124 Å². The number of hydrogen-bond donors (Lipinski definition) is 0. The van der Waals surface area contributed by atoms with E-state index in [9.17, 15) is 0 Å². The largest absolute Gasteiger partial charge is 0.379 e. The number of rotatable bonds is 30. The van der Waals surface area contributed by atoms with Crippen LogP contribution in [0.15, 0.2) is 0 Å². The van der Waals surface area contributed by atoms with Gasteiger partial charge in [-0.3, -0.25) is 0 Å². The van der Waals surface area contributed by atoms with Gasteiger partial charge >= 0.3 is 0 Å². The smallest absolute Gasteiger partial charge is 0.0701 e. The van der Waals surface area contributed by atoms with Gasteiger partial charge in [-0.05, 0) is 17.3 Å². The molecular formula is C29H60O10. The van der Waals surface area contributed by atoms with Crippen LogP contribution in [0.3, 0.4) is 0 Å².